The van der Waals surface area contributed by atoms with Crippen molar-refractivity contribution in [3.8, 4) is 5.75 Å². The number of hydrogen-bond acceptors (Lipinski definition) is 3. The van der Waals surface area contributed by atoms with Crippen LogP contribution in [0.4, 0.5) is 4.39 Å². The van der Waals surface area contributed by atoms with Gasteiger partial charge in [-0.3, -0.25) is 9.69 Å². The summed E-state index contributed by atoms with van der Waals surface area (Å²) in [7, 11) is 1.65. The van der Waals surface area contributed by atoms with Gasteiger partial charge in [-0.25, -0.2) is 4.39 Å². The molecule has 1 amide bonds. The zero-order valence-electron chi connectivity index (χ0n) is 14.8. The third-order valence-corrected chi connectivity index (χ3v) is 4.87. The van der Waals surface area contributed by atoms with Crippen molar-refractivity contribution in [3.63, 3.8) is 0 Å². The number of hydrogen-bond donors (Lipinski definition) is 0. The molecule has 0 aliphatic carbocycles. The van der Waals surface area contributed by atoms with Crippen molar-refractivity contribution in [3.05, 3.63) is 64.4 Å². The summed E-state index contributed by atoms with van der Waals surface area (Å²) < 4.78 is 18.4. The summed E-state index contributed by atoms with van der Waals surface area (Å²) in [5, 5.41) is 0.689. The number of ether oxygens (including phenoxy) is 1. The number of carbonyl (C=O) groups is 1. The lowest BCUT2D eigenvalue weighted by Crippen LogP contribution is -2.48. The van der Waals surface area contributed by atoms with Crippen LogP contribution in [0.25, 0.3) is 0 Å². The minimum absolute atomic E-state index is 0.0802. The largest absolute Gasteiger partial charge is 0.496 e. The van der Waals surface area contributed by atoms with Crippen LogP contribution in [0, 0.1) is 5.82 Å². The van der Waals surface area contributed by atoms with Gasteiger partial charge in [0, 0.05) is 43.3 Å². The minimum atomic E-state index is -0.286. The number of rotatable bonds is 5. The minimum Gasteiger partial charge on any atom is -0.496 e. The van der Waals surface area contributed by atoms with E-state index in [2.05, 4.69) is 4.90 Å². The average Bonchev–Trinajstić information content (AvgIpc) is 2.64. The molecule has 1 aliphatic heterocycles. The highest BCUT2D eigenvalue weighted by molar-refractivity contribution is 6.30. The van der Waals surface area contributed by atoms with Gasteiger partial charge in [-0.2, -0.15) is 0 Å². The van der Waals surface area contributed by atoms with Gasteiger partial charge in [0.1, 0.15) is 11.6 Å². The summed E-state index contributed by atoms with van der Waals surface area (Å²) in [5.74, 6) is 0.618. The molecule has 1 heterocycles. The zero-order valence-corrected chi connectivity index (χ0v) is 15.5. The van der Waals surface area contributed by atoms with Crippen molar-refractivity contribution in [1.82, 2.24) is 9.80 Å². The monoisotopic (exact) mass is 376 g/mol. The van der Waals surface area contributed by atoms with E-state index in [0.29, 0.717) is 24.5 Å². The second-order valence-electron chi connectivity index (χ2n) is 6.42. The van der Waals surface area contributed by atoms with E-state index in [9.17, 15) is 9.18 Å². The average molecular weight is 377 g/mol. The van der Waals surface area contributed by atoms with E-state index in [1.165, 1.54) is 12.1 Å². The predicted molar refractivity (Wildman–Crippen MR) is 100.0 cm³/mol. The van der Waals surface area contributed by atoms with Crippen LogP contribution in [-0.4, -0.2) is 49.0 Å². The quantitative estimate of drug-likeness (QED) is 0.802. The summed E-state index contributed by atoms with van der Waals surface area (Å²) in [6.45, 7) is 3.70. The number of piperazine rings is 1. The Morgan fingerprint density at radius 2 is 1.81 bits per heavy atom. The maximum atomic E-state index is 13.0. The lowest BCUT2D eigenvalue weighted by molar-refractivity contribution is -0.132. The van der Waals surface area contributed by atoms with Gasteiger partial charge in [0.05, 0.1) is 13.5 Å². The molecule has 0 atom stereocenters. The van der Waals surface area contributed by atoms with Crippen molar-refractivity contribution in [2.24, 2.45) is 0 Å². The van der Waals surface area contributed by atoms with Crippen molar-refractivity contribution in [2.45, 2.75) is 13.0 Å². The van der Waals surface area contributed by atoms with Crippen LogP contribution < -0.4 is 4.74 Å². The lowest BCUT2D eigenvalue weighted by atomic mass is 10.1. The maximum absolute atomic E-state index is 13.0. The molecule has 1 aliphatic rings. The van der Waals surface area contributed by atoms with Crippen molar-refractivity contribution in [2.75, 3.05) is 33.3 Å². The first-order valence-electron chi connectivity index (χ1n) is 8.62. The molecular weight excluding hydrogens is 355 g/mol. The molecule has 0 aromatic heterocycles. The number of amides is 1. The van der Waals surface area contributed by atoms with Crippen LogP contribution in [0.15, 0.2) is 42.5 Å². The van der Waals surface area contributed by atoms with Gasteiger partial charge in [0.2, 0.25) is 5.91 Å². The summed E-state index contributed by atoms with van der Waals surface area (Å²) in [6.07, 6.45) is 0.308. The SMILES string of the molecule is COc1ccc(Cl)cc1CN1CCN(C(=O)Cc2ccc(F)cc2)CC1. The molecule has 0 N–H and O–H groups in total. The van der Waals surface area contributed by atoms with Crippen LogP contribution in [0.2, 0.25) is 5.02 Å². The van der Waals surface area contributed by atoms with Crippen LogP contribution in [0.5, 0.6) is 5.75 Å². The van der Waals surface area contributed by atoms with Crippen LogP contribution in [0.1, 0.15) is 11.1 Å². The highest BCUT2D eigenvalue weighted by Gasteiger charge is 2.22. The van der Waals surface area contributed by atoms with E-state index in [-0.39, 0.29) is 11.7 Å². The van der Waals surface area contributed by atoms with Gasteiger partial charge >= 0.3 is 0 Å². The zero-order chi connectivity index (χ0) is 18.5. The summed E-state index contributed by atoms with van der Waals surface area (Å²) >= 11 is 6.09. The standard InChI is InChI=1S/C20H22ClFN2O2/c1-26-19-7-4-17(21)13-16(19)14-23-8-10-24(11-9-23)20(25)12-15-2-5-18(22)6-3-15/h2-7,13H,8-12,14H2,1H3. The molecule has 138 valence electrons. The molecule has 6 heteroatoms. The van der Waals surface area contributed by atoms with Crippen LogP contribution in [0.3, 0.4) is 0 Å². The fourth-order valence-corrected chi connectivity index (χ4v) is 3.35. The Balaban J connectivity index is 1.53. The Labute approximate surface area is 158 Å². The van der Waals surface area contributed by atoms with Gasteiger partial charge in [-0.05, 0) is 35.9 Å². The van der Waals surface area contributed by atoms with Crippen molar-refractivity contribution < 1.29 is 13.9 Å². The molecule has 1 saturated heterocycles. The van der Waals surface area contributed by atoms with Gasteiger partial charge < -0.3 is 9.64 Å². The predicted octanol–water partition coefficient (Wildman–Crippen LogP) is 3.37. The first kappa shape index (κ1) is 18.7. The lowest BCUT2D eigenvalue weighted by Gasteiger charge is -2.35. The Bertz CT molecular complexity index is 759. The van der Waals surface area contributed by atoms with Crippen LogP contribution >= 0.6 is 11.6 Å². The number of benzene rings is 2. The maximum Gasteiger partial charge on any atom is 0.227 e. The third-order valence-electron chi connectivity index (χ3n) is 4.63. The van der Waals surface area contributed by atoms with Gasteiger partial charge in [-0.15, -0.1) is 0 Å². The first-order valence-corrected chi connectivity index (χ1v) is 9.00. The Hall–Kier alpha value is -2.11. The third kappa shape index (κ3) is 4.74. The number of nitrogens with zero attached hydrogens (tertiary/aromatic N) is 2. The van der Waals surface area contributed by atoms with Gasteiger partial charge in [0.15, 0.2) is 0 Å². The number of halogens is 2. The molecule has 1 fully saturated rings. The van der Waals surface area contributed by atoms with E-state index in [1.54, 1.807) is 19.2 Å². The summed E-state index contributed by atoms with van der Waals surface area (Å²) in [5.41, 5.74) is 1.88. The van der Waals surface area contributed by atoms with Gasteiger partial charge in [0.25, 0.3) is 0 Å². The topological polar surface area (TPSA) is 32.8 Å². The van der Waals surface area contributed by atoms with Crippen molar-refractivity contribution >= 4 is 17.5 Å². The molecular formula is C20H22ClFN2O2. The Morgan fingerprint density at radius 1 is 1.12 bits per heavy atom. The summed E-state index contributed by atoms with van der Waals surface area (Å²) in [6, 6.07) is 11.7. The smallest absolute Gasteiger partial charge is 0.227 e. The highest BCUT2D eigenvalue weighted by Crippen LogP contribution is 2.24. The molecule has 2 aromatic rings. The Kier molecular flexibility index (Phi) is 6.12. The number of carbonyl (C=O) groups excluding carboxylic acids is 1. The molecule has 26 heavy (non-hydrogen) atoms. The first-order chi connectivity index (χ1) is 12.5. The van der Waals surface area contributed by atoms with Gasteiger partial charge in [-0.1, -0.05) is 23.7 Å². The molecule has 0 saturated carbocycles. The second kappa shape index (κ2) is 8.52. The van der Waals surface area contributed by atoms with E-state index in [4.69, 9.17) is 16.3 Å². The Morgan fingerprint density at radius 3 is 2.46 bits per heavy atom. The molecule has 2 aromatic carbocycles. The van der Waals surface area contributed by atoms with Crippen molar-refractivity contribution in [1.29, 1.82) is 0 Å². The van der Waals surface area contributed by atoms with E-state index in [0.717, 1.165) is 36.5 Å². The normalized spacial score (nSPS) is 15.1. The highest BCUT2D eigenvalue weighted by atomic mass is 35.5. The molecule has 0 spiro atoms. The number of methoxy groups -OCH3 is 1. The summed E-state index contributed by atoms with van der Waals surface area (Å²) in [4.78, 5) is 16.6. The van der Waals surface area contributed by atoms with E-state index >= 15 is 0 Å². The molecule has 4 nitrogen and oxygen atoms in total. The van der Waals surface area contributed by atoms with Crippen LogP contribution in [-0.2, 0) is 17.8 Å². The molecule has 0 radical (unpaired) electrons. The van der Waals surface area contributed by atoms with E-state index < -0.39 is 0 Å². The molecule has 0 unspecified atom stereocenters. The van der Waals surface area contributed by atoms with E-state index in [1.807, 2.05) is 23.1 Å². The fraction of sp³-hybridized carbons (Fsp3) is 0.350. The second-order valence-corrected chi connectivity index (χ2v) is 6.85. The molecule has 0 bridgehead atoms. The fourth-order valence-electron chi connectivity index (χ4n) is 3.16. The molecule has 3 rings (SSSR count).